The highest BCUT2D eigenvalue weighted by atomic mass is 19.1. The highest BCUT2D eigenvalue weighted by Crippen LogP contribution is 2.16. The second-order valence-electron chi connectivity index (χ2n) is 6.23. The fraction of sp³-hybridized carbons (Fsp3) is 0.650. The van der Waals surface area contributed by atoms with Gasteiger partial charge in [0.2, 0.25) is 0 Å². The van der Waals surface area contributed by atoms with Gasteiger partial charge in [-0.25, -0.2) is 9.18 Å². The Morgan fingerprint density at radius 3 is 2.13 bits per heavy atom. The van der Waals surface area contributed by atoms with Crippen molar-refractivity contribution in [3.63, 3.8) is 0 Å². The third kappa shape index (κ3) is 8.73. The number of esters is 1. The van der Waals surface area contributed by atoms with Gasteiger partial charge in [0.25, 0.3) is 0 Å². The van der Waals surface area contributed by atoms with Gasteiger partial charge in [-0.15, -0.1) is 0 Å². The standard InChI is InChI=1S/C20H31FO2/c1-3-5-6-7-8-9-10-12-19(11-4-2)23-20(22)17-13-15-18(21)16-14-17/h13-16,19H,3-12H2,1-2H3. The molecule has 0 saturated heterocycles. The van der Waals surface area contributed by atoms with Gasteiger partial charge in [0, 0.05) is 0 Å². The minimum absolute atomic E-state index is 0.0202. The molecule has 1 unspecified atom stereocenters. The first-order valence-electron chi connectivity index (χ1n) is 9.14. The molecule has 0 amide bonds. The van der Waals surface area contributed by atoms with Crippen molar-refractivity contribution in [1.82, 2.24) is 0 Å². The van der Waals surface area contributed by atoms with Gasteiger partial charge in [-0.05, 0) is 43.5 Å². The van der Waals surface area contributed by atoms with Crippen LogP contribution in [0.15, 0.2) is 24.3 Å². The summed E-state index contributed by atoms with van der Waals surface area (Å²) in [4.78, 5) is 12.1. The maximum atomic E-state index is 12.9. The molecule has 0 spiro atoms. The zero-order valence-corrected chi connectivity index (χ0v) is 14.7. The molecule has 0 aliphatic heterocycles. The number of benzene rings is 1. The molecule has 0 N–H and O–H groups in total. The van der Waals surface area contributed by atoms with Gasteiger partial charge < -0.3 is 4.74 Å². The molecule has 1 aromatic rings. The van der Waals surface area contributed by atoms with E-state index in [0.717, 1.165) is 25.7 Å². The second kappa shape index (κ2) is 12.1. The minimum Gasteiger partial charge on any atom is -0.459 e. The molecule has 0 fully saturated rings. The lowest BCUT2D eigenvalue weighted by Gasteiger charge is -2.17. The van der Waals surface area contributed by atoms with Crippen LogP contribution in [0.25, 0.3) is 0 Å². The van der Waals surface area contributed by atoms with E-state index in [9.17, 15) is 9.18 Å². The Balaban J connectivity index is 2.30. The van der Waals surface area contributed by atoms with Crippen LogP contribution in [0.4, 0.5) is 4.39 Å². The molecular weight excluding hydrogens is 291 g/mol. The molecule has 1 atom stereocenters. The number of hydrogen-bond acceptors (Lipinski definition) is 2. The summed E-state index contributed by atoms with van der Waals surface area (Å²) in [5.74, 6) is -0.680. The molecule has 2 nitrogen and oxygen atoms in total. The van der Waals surface area contributed by atoms with Crippen molar-refractivity contribution in [2.75, 3.05) is 0 Å². The van der Waals surface area contributed by atoms with Gasteiger partial charge >= 0.3 is 5.97 Å². The van der Waals surface area contributed by atoms with E-state index in [0.29, 0.717) is 5.56 Å². The van der Waals surface area contributed by atoms with Crippen LogP contribution in [0.5, 0.6) is 0 Å². The summed E-state index contributed by atoms with van der Waals surface area (Å²) < 4.78 is 18.5. The number of halogens is 1. The third-order valence-electron chi connectivity index (χ3n) is 4.09. The summed E-state index contributed by atoms with van der Waals surface area (Å²) in [5.41, 5.74) is 0.423. The highest BCUT2D eigenvalue weighted by molar-refractivity contribution is 5.89. The highest BCUT2D eigenvalue weighted by Gasteiger charge is 2.15. The van der Waals surface area contributed by atoms with Crippen molar-refractivity contribution in [3.8, 4) is 0 Å². The molecular formula is C20H31FO2. The maximum Gasteiger partial charge on any atom is 0.338 e. The number of unbranched alkanes of at least 4 members (excludes halogenated alkanes) is 6. The Morgan fingerprint density at radius 1 is 0.913 bits per heavy atom. The molecule has 0 bridgehead atoms. The summed E-state index contributed by atoms with van der Waals surface area (Å²) in [6.07, 6.45) is 11.6. The minimum atomic E-state index is -0.341. The molecule has 0 radical (unpaired) electrons. The lowest BCUT2D eigenvalue weighted by molar-refractivity contribution is 0.0253. The lowest BCUT2D eigenvalue weighted by Crippen LogP contribution is -2.18. The van der Waals surface area contributed by atoms with Gasteiger partial charge in [0.05, 0.1) is 5.56 Å². The normalized spacial score (nSPS) is 12.1. The monoisotopic (exact) mass is 322 g/mol. The Kier molecular flexibility index (Phi) is 10.3. The topological polar surface area (TPSA) is 26.3 Å². The van der Waals surface area contributed by atoms with Crippen LogP contribution in [-0.4, -0.2) is 12.1 Å². The molecule has 0 aliphatic carbocycles. The van der Waals surface area contributed by atoms with E-state index in [4.69, 9.17) is 4.74 Å². The maximum absolute atomic E-state index is 12.9. The van der Waals surface area contributed by atoms with Crippen LogP contribution < -0.4 is 0 Å². The SMILES string of the molecule is CCCCCCCCCC(CCC)OC(=O)c1ccc(F)cc1. The molecule has 0 aliphatic rings. The fourth-order valence-electron chi connectivity index (χ4n) is 2.72. The van der Waals surface area contributed by atoms with Crippen LogP contribution in [-0.2, 0) is 4.74 Å². The summed E-state index contributed by atoms with van der Waals surface area (Å²) >= 11 is 0. The number of ether oxygens (including phenoxy) is 1. The van der Waals surface area contributed by atoms with Crippen molar-refractivity contribution in [2.24, 2.45) is 0 Å². The molecule has 1 aromatic carbocycles. The van der Waals surface area contributed by atoms with Crippen LogP contribution in [0.3, 0.4) is 0 Å². The molecule has 23 heavy (non-hydrogen) atoms. The van der Waals surface area contributed by atoms with E-state index in [1.54, 1.807) is 0 Å². The first-order chi connectivity index (χ1) is 11.2. The Morgan fingerprint density at radius 2 is 1.52 bits per heavy atom. The zero-order valence-electron chi connectivity index (χ0n) is 14.7. The average molecular weight is 322 g/mol. The Labute approximate surface area is 140 Å². The number of carbonyl (C=O) groups is 1. The Hall–Kier alpha value is -1.38. The van der Waals surface area contributed by atoms with E-state index >= 15 is 0 Å². The predicted octanol–water partition coefficient (Wildman–Crippen LogP) is 6.29. The van der Waals surface area contributed by atoms with Crippen LogP contribution in [0.2, 0.25) is 0 Å². The largest absolute Gasteiger partial charge is 0.459 e. The van der Waals surface area contributed by atoms with Gasteiger partial charge in [-0.3, -0.25) is 0 Å². The summed E-state index contributed by atoms with van der Waals surface area (Å²) in [7, 11) is 0. The molecule has 0 saturated carbocycles. The molecule has 0 aromatic heterocycles. The smallest absolute Gasteiger partial charge is 0.338 e. The van der Waals surface area contributed by atoms with Crippen molar-refractivity contribution in [2.45, 2.75) is 84.2 Å². The molecule has 1 rings (SSSR count). The van der Waals surface area contributed by atoms with Crippen molar-refractivity contribution in [1.29, 1.82) is 0 Å². The van der Waals surface area contributed by atoms with Crippen molar-refractivity contribution >= 4 is 5.97 Å². The van der Waals surface area contributed by atoms with Gasteiger partial charge in [0.15, 0.2) is 0 Å². The molecule has 3 heteroatoms. The van der Waals surface area contributed by atoms with Gasteiger partial charge in [-0.2, -0.15) is 0 Å². The van der Waals surface area contributed by atoms with E-state index in [1.165, 1.54) is 62.8 Å². The lowest BCUT2D eigenvalue weighted by atomic mass is 10.0. The summed E-state index contributed by atoms with van der Waals surface area (Å²) in [5, 5.41) is 0. The van der Waals surface area contributed by atoms with Crippen LogP contribution in [0, 0.1) is 5.82 Å². The zero-order chi connectivity index (χ0) is 16.9. The first-order valence-corrected chi connectivity index (χ1v) is 9.14. The number of hydrogen-bond donors (Lipinski definition) is 0. The van der Waals surface area contributed by atoms with E-state index in [-0.39, 0.29) is 17.9 Å². The predicted molar refractivity (Wildman–Crippen MR) is 93.1 cm³/mol. The van der Waals surface area contributed by atoms with Crippen LogP contribution in [0.1, 0.15) is 88.4 Å². The van der Waals surface area contributed by atoms with Crippen molar-refractivity contribution in [3.05, 3.63) is 35.6 Å². The van der Waals surface area contributed by atoms with Gasteiger partial charge in [-0.1, -0.05) is 58.8 Å². The molecule has 0 heterocycles. The average Bonchev–Trinajstić information content (AvgIpc) is 2.54. The molecule has 130 valence electrons. The number of rotatable bonds is 12. The van der Waals surface area contributed by atoms with Crippen LogP contribution >= 0.6 is 0 Å². The summed E-state index contributed by atoms with van der Waals surface area (Å²) in [6.45, 7) is 4.33. The van der Waals surface area contributed by atoms with E-state index < -0.39 is 0 Å². The quantitative estimate of drug-likeness (QED) is 0.334. The van der Waals surface area contributed by atoms with E-state index in [2.05, 4.69) is 13.8 Å². The second-order valence-corrected chi connectivity index (χ2v) is 6.23. The first kappa shape index (κ1) is 19.7. The Bertz CT molecular complexity index is 428. The third-order valence-corrected chi connectivity index (χ3v) is 4.09. The van der Waals surface area contributed by atoms with E-state index in [1.807, 2.05) is 0 Å². The van der Waals surface area contributed by atoms with Gasteiger partial charge in [0.1, 0.15) is 11.9 Å². The number of carbonyl (C=O) groups excluding carboxylic acids is 1. The fourth-order valence-corrected chi connectivity index (χ4v) is 2.72. The summed E-state index contributed by atoms with van der Waals surface area (Å²) in [6, 6.07) is 5.55. The van der Waals surface area contributed by atoms with Crippen molar-refractivity contribution < 1.29 is 13.9 Å².